The minimum absolute atomic E-state index is 0.0710. The molecule has 0 atom stereocenters. The average molecular weight is 297 g/mol. The Hall–Kier alpha value is -0.900. The van der Waals surface area contributed by atoms with Crippen molar-refractivity contribution < 1.29 is 4.79 Å². The van der Waals surface area contributed by atoms with Gasteiger partial charge in [0.25, 0.3) is 5.91 Å². The lowest BCUT2D eigenvalue weighted by atomic mass is 9.99. The lowest BCUT2D eigenvalue weighted by Gasteiger charge is -2.30. The molecule has 0 aromatic carbocycles. The first-order valence-corrected chi connectivity index (χ1v) is 7.11. The molecule has 0 N–H and O–H groups in total. The summed E-state index contributed by atoms with van der Waals surface area (Å²) in [6.07, 6.45) is 2.17. The first kappa shape index (κ1) is 12.6. The Bertz CT molecular complexity index is 400. The van der Waals surface area contributed by atoms with Gasteiger partial charge in [-0.25, -0.2) is 4.98 Å². The van der Waals surface area contributed by atoms with Crippen molar-refractivity contribution >= 4 is 21.8 Å². The van der Waals surface area contributed by atoms with Gasteiger partial charge in [-0.15, -0.1) is 0 Å². The van der Waals surface area contributed by atoms with Crippen molar-refractivity contribution in [1.29, 1.82) is 0 Å². The molecule has 1 aromatic rings. The molecule has 0 bridgehead atoms. The molecule has 1 aliphatic heterocycles. The maximum Gasteiger partial charge on any atom is 0.272 e. The van der Waals surface area contributed by atoms with E-state index in [0.717, 1.165) is 37.0 Å². The summed E-state index contributed by atoms with van der Waals surface area (Å²) < 4.78 is 0. The molecule has 0 spiro atoms. The Balaban J connectivity index is 2.02. The van der Waals surface area contributed by atoms with Crippen LogP contribution in [0.5, 0.6) is 0 Å². The van der Waals surface area contributed by atoms with E-state index in [4.69, 9.17) is 0 Å². The Labute approximate surface area is 110 Å². The first-order valence-electron chi connectivity index (χ1n) is 5.99. The summed E-state index contributed by atoms with van der Waals surface area (Å²) in [6.45, 7) is 3.61. The van der Waals surface area contributed by atoms with E-state index in [1.54, 1.807) is 6.07 Å². The normalized spacial score (nSPS) is 17.2. The quantitative estimate of drug-likeness (QED) is 0.786. The Kier molecular flexibility index (Phi) is 4.15. The number of halogens is 1. The van der Waals surface area contributed by atoms with Crippen molar-refractivity contribution in [3.05, 3.63) is 29.6 Å². The van der Waals surface area contributed by atoms with Crippen LogP contribution in [0.15, 0.2) is 18.2 Å². The molecule has 92 valence electrons. The molecule has 4 heteroatoms. The molecule has 3 nitrogen and oxygen atoms in total. The number of pyridine rings is 1. The van der Waals surface area contributed by atoms with Gasteiger partial charge in [0, 0.05) is 24.1 Å². The molecule has 0 radical (unpaired) electrons. The average Bonchev–Trinajstić information content (AvgIpc) is 2.38. The molecular weight excluding hydrogens is 280 g/mol. The summed E-state index contributed by atoms with van der Waals surface area (Å²) in [5.41, 5.74) is 1.47. The number of likely N-dealkylation sites (tertiary alicyclic amines) is 1. The molecule has 0 saturated carbocycles. The van der Waals surface area contributed by atoms with Crippen LogP contribution in [0.4, 0.5) is 0 Å². The van der Waals surface area contributed by atoms with Gasteiger partial charge < -0.3 is 4.90 Å². The minimum atomic E-state index is 0.0710. The lowest BCUT2D eigenvalue weighted by molar-refractivity contribution is 0.0693. The molecule has 2 rings (SSSR count). The number of alkyl halides is 1. The van der Waals surface area contributed by atoms with Crippen LogP contribution in [0.1, 0.15) is 29.0 Å². The maximum absolute atomic E-state index is 12.2. The zero-order valence-electron chi connectivity index (χ0n) is 10.0. The third-order valence-corrected chi connectivity index (χ3v) is 4.14. The summed E-state index contributed by atoms with van der Waals surface area (Å²) in [7, 11) is 0. The Morgan fingerprint density at radius 3 is 2.76 bits per heavy atom. The lowest BCUT2D eigenvalue weighted by Crippen LogP contribution is -2.39. The number of piperidine rings is 1. The topological polar surface area (TPSA) is 33.2 Å². The number of carbonyl (C=O) groups is 1. The standard InChI is InChI=1S/C13H17BrN2O/c1-10-3-2-4-12(15-10)13(17)16-7-5-11(9-14)6-8-16/h2-4,11H,5-9H2,1H3. The largest absolute Gasteiger partial charge is 0.337 e. The van der Waals surface area contributed by atoms with Crippen molar-refractivity contribution in [2.45, 2.75) is 19.8 Å². The molecule has 1 amide bonds. The van der Waals surface area contributed by atoms with E-state index >= 15 is 0 Å². The van der Waals surface area contributed by atoms with Crippen LogP contribution in [0.3, 0.4) is 0 Å². The van der Waals surface area contributed by atoms with Crippen molar-refractivity contribution in [3.63, 3.8) is 0 Å². The highest BCUT2D eigenvalue weighted by Crippen LogP contribution is 2.20. The van der Waals surface area contributed by atoms with E-state index < -0.39 is 0 Å². The number of amides is 1. The summed E-state index contributed by atoms with van der Waals surface area (Å²) in [4.78, 5) is 18.4. The van der Waals surface area contributed by atoms with Gasteiger partial charge >= 0.3 is 0 Å². The van der Waals surface area contributed by atoms with Crippen LogP contribution < -0.4 is 0 Å². The molecule has 2 heterocycles. The SMILES string of the molecule is Cc1cccc(C(=O)N2CCC(CBr)CC2)n1. The molecular formula is C13H17BrN2O. The minimum Gasteiger partial charge on any atom is -0.337 e. The van der Waals surface area contributed by atoms with Gasteiger partial charge in [0.2, 0.25) is 0 Å². The van der Waals surface area contributed by atoms with E-state index in [-0.39, 0.29) is 5.91 Å². The van der Waals surface area contributed by atoms with Crippen molar-refractivity contribution in [3.8, 4) is 0 Å². The highest BCUT2D eigenvalue weighted by atomic mass is 79.9. The van der Waals surface area contributed by atoms with E-state index in [0.29, 0.717) is 11.6 Å². The first-order chi connectivity index (χ1) is 8.20. The van der Waals surface area contributed by atoms with Crippen molar-refractivity contribution in [1.82, 2.24) is 9.88 Å². The molecule has 0 aliphatic carbocycles. The fourth-order valence-corrected chi connectivity index (χ4v) is 2.76. The third kappa shape index (κ3) is 3.06. The van der Waals surface area contributed by atoms with Gasteiger partial charge in [0.15, 0.2) is 0 Å². The van der Waals surface area contributed by atoms with Gasteiger partial charge in [-0.2, -0.15) is 0 Å². The predicted molar refractivity (Wildman–Crippen MR) is 71.4 cm³/mol. The Morgan fingerprint density at radius 1 is 1.47 bits per heavy atom. The van der Waals surface area contributed by atoms with Crippen LogP contribution in [0.2, 0.25) is 0 Å². The fourth-order valence-electron chi connectivity index (χ4n) is 2.11. The van der Waals surface area contributed by atoms with Crippen LogP contribution in [0.25, 0.3) is 0 Å². The van der Waals surface area contributed by atoms with Gasteiger partial charge in [-0.3, -0.25) is 4.79 Å². The number of aromatic nitrogens is 1. The van der Waals surface area contributed by atoms with Gasteiger partial charge in [-0.05, 0) is 37.8 Å². The second kappa shape index (κ2) is 5.63. The molecule has 1 fully saturated rings. The number of nitrogens with zero attached hydrogens (tertiary/aromatic N) is 2. The van der Waals surface area contributed by atoms with E-state index in [2.05, 4.69) is 20.9 Å². The van der Waals surface area contributed by atoms with Gasteiger partial charge in [0.05, 0.1) is 0 Å². The number of hydrogen-bond donors (Lipinski definition) is 0. The third-order valence-electron chi connectivity index (χ3n) is 3.23. The number of aryl methyl sites for hydroxylation is 1. The second-order valence-corrected chi connectivity index (χ2v) is 5.20. The summed E-state index contributed by atoms with van der Waals surface area (Å²) >= 11 is 3.51. The van der Waals surface area contributed by atoms with Gasteiger partial charge in [-0.1, -0.05) is 22.0 Å². The number of carbonyl (C=O) groups excluding carboxylic acids is 1. The molecule has 1 aromatic heterocycles. The second-order valence-electron chi connectivity index (χ2n) is 4.55. The summed E-state index contributed by atoms with van der Waals surface area (Å²) in [5, 5.41) is 1.04. The van der Waals surface area contributed by atoms with E-state index in [1.165, 1.54) is 0 Å². The molecule has 1 saturated heterocycles. The van der Waals surface area contributed by atoms with Crippen LogP contribution >= 0.6 is 15.9 Å². The van der Waals surface area contributed by atoms with E-state index in [1.807, 2.05) is 24.0 Å². The smallest absolute Gasteiger partial charge is 0.272 e. The maximum atomic E-state index is 12.2. The molecule has 1 aliphatic rings. The highest BCUT2D eigenvalue weighted by Gasteiger charge is 2.23. The highest BCUT2D eigenvalue weighted by molar-refractivity contribution is 9.09. The number of hydrogen-bond acceptors (Lipinski definition) is 2. The van der Waals surface area contributed by atoms with Crippen LogP contribution in [-0.4, -0.2) is 34.2 Å². The summed E-state index contributed by atoms with van der Waals surface area (Å²) in [6, 6.07) is 5.60. The zero-order valence-corrected chi connectivity index (χ0v) is 11.6. The van der Waals surface area contributed by atoms with Crippen molar-refractivity contribution in [2.24, 2.45) is 5.92 Å². The summed E-state index contributed by atoms with van der Waals surface area (Å²) in [5.74, 6) is 0.784. The zero-order chi connectivity index (χ0) is 12.3. The Morgan fingerprint density at radius 2 is 2.18 bits per heavy atom. The van der Waals surface area contributed by atoms with E-state index in [9.17, 15) is 4.79 Å². The van der Waals surface area contributed by atoms with Gasteiger partial charge in [0.1, 0.15) is 5.69 Å². The van der Waals surface area contributed by atoms with Crippen LogP contribution in [-0.2, 0) is 0 Å². The fraction of sp³-hybridized carbons (Fsp3) is 0.538. The molecule has 17 heavy (non-hydrogen) atoms. The predicted octanol–water partition coefficient (Wildman–Crippen LogP) is 2.64. The molecule has 0 unspecified atom stereocenters. The number of rotatable bonds is 2. The van der Waals surface area contributed by atoms with Crippen molar-refractivity contribution in [2.75, 3.05) is 18.4 Å². The van der Waals surface area contributed by atoms with Crippen LogP contribution in [0, 0.1) is 12.8 Å². The monoisotopic (exact) mass is 296 g/mol.